The molecule has 106 valence electrons. The van der Waals surface area contributed by atoms with Crippen molar-refractivity contribution in [2.45, 2.75) is 39.2 Å². The number of thiophene rings is 1. The van der Waals surface area contributed by atoms with Gasteiger partial charge in [-0.05, 0) is 47.1 Å². The topological polar surface area (TPSA) is 36.4 Å². The second-order valence-corrected chi connectivity index (χ2v) is 6.34. The molecule has 1 aromatic heterocycles. The summed E-state index contributed by atoms with van der Waals surface area (Å²) in [4.78, 5) is 4.28. The molecule has 4 heteroatoms. The number of guanidine groups is 1. The van der Waals surface area contributed by atoms with Crippen molar-refractivity contribution in [3.05, 3.63) is 22.4 Å². The predicted molar refractivity (Wildman–Crippen MR) is 83.6 cm³/mol. The maximum Gasteiger partial charge on any atom is 0.191 e. The third kappa shape index (κ3) is 4.86. The number of hydrogen-bond acceptors (Lipinski definition) is 2. The van der Waals surface area contributed by atoms with Gasteiger partial charge in [0.2, 0.25) is 0 Å². The molecule has 1 aliphatic carbocycles. The van der Waals surface area contributed by atoms with Gasteiger partial charge in [-0.15, -0.1) is 0 Å². The molecule has 0 radical (unpaired) electrons. The maximum absolute atomic E-state index is 4.28. The summed E-state index contributed by atoms with van der Waals surface area (Å²) in [6.07, 6.45) is 5.48. The molecule has 1 heterocycles. The fraction of sp³-hybridized carbons (Fsp3) is 0.667. The second-order valence-electron chi connectivity index (χ2n) is 5.56. The van der Waals surface area contributed by atoms with Crippen LogP contribution >= 0.6 is 11.3 Å². The number of aliphatic imine (C=N–C) groups is 1. The van der Waals surface area contributed by atoms with Crippen LogP contribution in [0.25, 0.3) is 0 Å². The molecular formula is C15H25N3S. The highest BCUT2D eigenvalue weighted by Gasteiger charge is 2.18. The van der Waals surface area contributed by atoms with Crippen LogP contribution in [0.5, 0.6) is 0 Å². The van der Waals surface area contributed by atoms with Gasteiger partial charge in [-0.3, -0.25) is 4.99 Å². The summed E-state index contributed by atoms with van der Waals surface area (Å²) < 4.78 is 0. The molecule has 1 aliphatic rings. The summed E-state index contributed by atoms with van der Waals surface area (Å²) >= 11 is 1.73. The van der Waals surface area contributed by atoms with Crippen molar-refractivity contribution in [3.8, 4) is 0 Å². The third-order valence-electron chi connectivity index (χ3n) is 3.96. The van der Waals surface area contributed by atoms with Gasteiger partial charge >= 0.3 is 0 Å². The van der Waals surface area contributed by atoms with E-state index in [9.17, 15) is 0 Å². The van der Waals surface area contributed by atoms with Gasteiger partial charge in [-0.25, -0.2) is 0 Å². The molecule has 1 saturated carbocycles. The molecular weight excluding hydrogens is 254 g/mol. The van der Waals surface area contributed by atoms with E-state index in [1.807, 2.05) is 7.05 Å². The summed E-state index contributed by atoms with van der Waals surface area (Å²) in [7, 11) is 1.84. The van der Waals surface area contributed by atoms with Gasteiger partial charge in [0.05, 0.1) is 0 Å². The quantitative estimate of drug-likeness (QED) is 0.656. The van der Waals surface area contributed by atoms with Gasteiger partial charge in [0.15, 0.2) is 5.96 Å². The van der Waals surface area contributed by atoms with Crippen molar-refractivity contribution in [1.82, 2.24) is 10.6 Å². The molecule has 1 fully saturated rings. The first-order chi connectivity index (χ1) is 9.28. The molecule has 0 spiro atoms. The Kier molecular flexibility index (Phi) is 5.70. The van der Waals surface area contributed by atoms with E-state index in [4.69, 9.17) is 0 Å². The van der Waals surface area contributed by atoms with Crippen LogP contribution < -0.4 is 10.6 Å². The van der Waals surface area contributed by atoms with Crippen LogP contribution in [0.2, 0.25) is 0 Å². The number of rotatable bonds is 4. The third-order valence-corrected chi connectivity index (χ3v) is 4.69. The molecule has 0 aromatic carbocycles. The van der Waals surface area contributed by atoms with E-state index in [1.54, 1.807) is 11.3 Å². The Morgan fingerprint density at radius 3 is 2.74 bits per heavy atom. The van der Waals surface area contributed by atoms with Crippen molar-refractivity contribution in [1.29, 1.82) is 0 Å². The van der Waals surface area contributed by atoms with Crippen LogP contribution in [0.3, 0.4) is 0 Å². The Hall–Kier alpha value is -1.03. The molecule has 0 aliphatic heterocycles. The van der Waals surface area contributed by atoms with E-state index in [2.05, 4.69) is 39.4 Å². The Morgan fingerprint density at radius 2 is 2.11 bits per heavy atom. The van der Waals surface area contributed by atoms with E-state index in [0.29, 0.717) is 0 Å². The van der Waals surface area contributed by atoms with Crippen LogP contribution in [-0.2, 0) is 6.54 Å². The van der Waals surface area contributed by atoms with Crippen LogP contribution in [-0.4, -0.2) is 19.6 Å². The fourth-order valence-electron chi connectivity index (χ4n) is 2.57. The van der Waals surface area contributed by atoms with Crippen molar-refractivity contribution in [2.24, 2.45) is 16.8 Å². The van der Waals surface area contributed by atoms with Crippen molar-refractivity contribution < 1.29 is 0 Å². The van der Waals surface area contributed by atoms with Crippen molar-refractivity contribution >= 4 is 17.3 Å². The molecule has 0 unspecified atom stereocenters. The minimum atomic E-state index is 0.816. The van der Waals surface area contributed by atoms with Crippen LogP contribution in [0.4, 0.5) is 0 Å². The van der Waals surface area contributed by atoms with Gasteiger partial charge in [0.1, 0.15) is 0 Å². The number of nitrogens with zero attached hydrogens (tertiary/aromatic N) is 1. The highest BCUT2D eigenvalue weighted by atomic mass is 32.1. The highest BCUT2D eigenvalue weighted by molar-refractivity contribution is 7.07. The van der Waals surface area contributed by atoms with Gasteiger partial charge in [0.25, 0.3) is 0 Å². The number of hydrogen-bond donors (Lipinski definition) is 2. The van der Waals surface area contributed by atoms with E-state index in [-0.39, 0.29) is 0 Å². The summed E-state index contributed by atoms with van der Waals surface area (Å²) in [5.74, 6) is 2.66. The fourth-order valence-corrected chi connectivity index (χ4v) is 3.24. The normalized spacial score (nSPS) is 24.2. The highest BCUT2D eigenvalue weighted by Crippen LogP contribution is 2.27. The van der Waals surface area contributed by atoms with Crippen LogP contribution in [0.15, 0.2) is 21.8 Å². The predicted octanol–water partition coefficient (Wildman–Crippen LogP) is 3.24. The Bertz CT molecular complexity index is 378. The lowest BCUT2D eigenvalue weighted by atomic mass is 9.83. The van der Waals surface area contributed by atoms with E-state index in [0.717, 1.165) is 30.9 Å². The first kappa shape index (κ1) is 14.4. The molecule has 19 heavy (non-hydrogen) atoms. The lowest BCUT2D eigenvalue weighted by Crippen LogP contribution is -2.39. The molecule has 3 nitrogen and oxygen atoms in total. The summed E-state index contributed by atoms with van der Waals surface area (Å²) in [5.41, 5.74) is 1.32. The number of nitrogens with one attached hydrogen (secondary N) is 2. The van der Waals surface area contributed by atoms with Gasteiger partial charge < -0.3 is 10.6 Å². The van der Waals surface area contributed by atoms with Crippen LogP contribution in [0, 0.1) is 11.8 Å². The zero-order chi connectivity index (χ0) is 13.5. The monoisotopic (exact) mass is 279 g/mol. The van der Waals surface area contributed by atoms with Crippen LogP contribution in [0.1, 0.15) is 38.2 Å². The van der Waals surface area contributed by atoms with E-state index >= 15 is 0 Å². The zero-order valence-electron chi connectivity index (χ0n) is 12.0. The van der Waals surface area contributed by atoms with Gasteiger partial charge in [-0.2, -0.15) is 11.3 Å². The first-order valence-corrected chi connectivity index (χ1v) is 8.17. The molecule has 2 N–H and O–H groups in total. The Labute approximate surface area is 120 Å². The molecule has 1 aromatic rings. The lowest BCUT2D eigenvalue weighted by Gasteiger charge is -2.26. The molecule has 2 rings (SSSR count). The van der Waals surface area contributed by atoms with Gasteiger partial charge in [0, 0.05) is 20.1 Å². The summed E-state index contributed by atoms with van der Waals surface area (Å²) in [6, 6.07) is 2.15. The van der Waals surface area contributed by atoms with Gasteiger partial charge in [-0.1, -0.05) is 19.8 Å². The summed E-state index contributed by atoms with van der Waals surface area (Å²) in [5, 5.41) is 11.1. The smallest absolute Gasteiger partial charge is 0.191 e. The summed E-state index contributed by atoms with van der Waals surface area (Å²) in [6.45, 7) is 4.27. The van der Waals surface area contributed by atoms with E-state index in [1.165, 1.54) is 31.2 Å². The SMILES string of the molecule is CN=C(NCc1ccsc1)NCC1CCC(C)CC1. The first-order valence-electron chi connectivity index (χ1n) is 7.23. The molecule has 0 atom stereocenters. The standard InChI is InChI=1S/C15H25N3S/c1-12-3-5-13(6-4-12)9-17-15(16-2)18-10-14-7-8-19-11-14/h7-8,11-13H,3-6,9-10H2,1-2H3,(H2,16,17,18). The molecule has 0 bridgehead atoms. The largest absolute Gasteiger partial charge is 0.356 e. The van der Waals surface area contributed by atoms with E-state index < -0.39 is 0 Å². The molecule has 0 saturated heterocycles. The minimum absolute atomic E-state index is 0.816. The average Bonchev–Trinajstić information content (AvgIpc) is 2.94. The lowest BCUT2D eigenvalue weighted by molar-refractivity contribution is 0.289. The van der Waals surface area contributed by atoms with Crippen molar-refractivity contribution in [3.63, 3.8) is 0 Å². The maximum atomic E-state index is 4.28. The zero-order valence-corrected chi connectivity index (χ0v) is 12.8. The van der Waals surface area contributed by atoms with Crippen molar-refractivity contribution in [2.75, 3.05) is 13.6 Å². The minimum Gasteiger partial charge on any atom is -0.356 e. The second kappa shape index (κ2) is 7.53. The average molecular weight is 279 g/mol. The molecule has 0 amide bonds. The Balaban J connectivity index is 1.68. The Morgan fingerprint density at radius 1 is 1.32 bits per heavy atom.